The number of hydrogen-bond acceptors (Lipinski definition) is 0. The van der Waals surface area contributed by atoms with Crippen molar-refractivity contribution in [1.29, 1.82) is 0 Å². The Labute approximate surface area is 181 Å². The normalized spacial score (nSPS) is 33.9. The van der Waals surface area contributed by atoms with Gasteiger partial charge in [0.05, 0.1) is 5.83 Å². The van der Waals surface area contributed by atoms with Gasteiger partial charge in [0, 0.05) is 0 Å². The molecule has 2 saturated carbocycles. The molecule has 0 spiro atoms. The van der Waals surface area contributed by atoms with Crippen molar-refractivity contribution in [3.8, 4) is 0 Å². The summed E-state index contributed by atoms with van der Waals surface area (Å²) in [6.07, 6.45) is 17.8. The van der Waals surface area contributed by atoms with E-state index in [1.807, 2.05) is 0 Å². The smallest absolute Gasteiger partial charge is 0.0960 e. The van der Waals surface area contributed by atoms with E-state index in [2.05, 4.69) is 40.7 Å². The molecule has 1 heteroatoms. The van der Waals surface area contributed by atoms with Gasteiger partial charge in [0.25, 0.3) is 0 Å². The number of unbranched alkanes of at least 4 members (excludes halogenated alkanes) is 3. The maximum absolute atomic E-state index is 14.0. The first-order valence-electron chi connectivity index (χ1n) is 12.9. The van der Waals surface area contributed by atoms with E-state index >= 15 is 0 Å². The first-order chi connectivity index (χ1) is 13.9. The minimum Gasteiger partial charge on any atom is -0.212 e. The van der Waals surface area contributed by atoms with E-state index in [-0.39, 0.29) is 5.83 Å². The second-order valence-corrected chi connectivity index (χ2v) is 10.4. The lowest BCUT2D eigenvalue weighted by atomic mass is 9.47. The number of halogens is 1. The van der Waals surface area contributed by atoms with Gasteiger partial charge in [-0.3, -0.25) is 0 Å². The van der Waals surface area contributed by atoms with E-state index in [4.69, 9.17) is 0 Å². The molecule has 0 aromatic rings. The molecule has 2 rings (SSSR count). The SMILES string of the molecule is CCCC1C/C(=C(\C)F)CCC1C1C(CC)C(CC)C1CCCCCC=C(C)C. The molecule has 29 heavy (non-hydrogen) atoms. The first kappa shape index (κ1) is 24.7. The molecule has 0 heterocycles. The predicted octanol–water partition coefficient (Wildman–Crippen LogP) is 9.66. The third-order valence-electron chi connectivity index (χ3n) is 8.36. The van der Waals surface area contributed by atoms with Gasteiger partial charge in [0.15, 0.2) is 0 Å². The minimum absolute atomic E-state index is 0.115. The van der Waals surface area contributed by atoms with Crippen molar-refractivity contribution < 1.29 is 4.39 Å². The van der Waals surface area contributed by atoms with Gasteiger partial charge in [-0.1, -0.05) is 70.9 Å². The first-order valence-corrected chi connectivity index (χ1v) is 12.9. The zero-order valence-corrected chi connectivity index (χ0v) is 20.4. The fourth-order valence-electron chi connectivity index (χ4n) is 7.03. The molecule has 2 aliphatic rings. The van der Waals surface area contributed by atoms with E-state index in [0.29, 0.717) is 0 Å². The Morgan fingerprint density at radius 1 is 0.931 bits per heavy atom. The Bertz CT molecular complexity index is 535. The van der Waals surface area contributed by atoms with Crippen LogP contribution in [0.5, 0.6) is 0 Å². The van der Waals surface area contributed by atoms with Crippen molar-refractivity contribution in [2.75, 3.05) is 0 Å². The number of hydrogen-bond donors (Lipinski definition) is 0. The second-order valence-electron chi connectivity index (χ2n) is 10.4. The molecule has 2 aliphatic carbocycles. The predicted molar refractivity (Wildman–Crippen MR) is 127 cm³/mol. The van der Waals surface area contributed by atoms with Gasteiger partial charge in [0.1, 0.15) is 0 Å². The van der Waals surface area contributed by atoms with Gasteiger partial charge in [-0.2, -0.15) is 0 Å². The van der Waals surface area contributed by atoms with Crippen molar-refractivity contribution in [3.05, 3.63) is 23.0 Å². The van der Waals surface area contributed by atoms with Gasteiger partial charge in [-0.15, -0.1) is 0 Å². The lowest BCUT2D eigenvalue weighted by molar-refractivity contribution is -0.0917. The molecule has 0 aromatic heterocycles. The minimum atomic E-state index is 0.115. The molecule has 168 valence electrons. The molecule has 0 N–H and O–H groups in total. The average molecular weight is 405 g/mol. The van der Waals surface area contributed by atoms with Crippen molar-refractivity contribution >= 4 is 0 Å². The standard InChI is InChI=1S/C28H49F/c1-7-14-23-19-22(21(6)29)17-18-26(23)28-25(9-3)24(8-2)27(28)16-13-11-10-12-15-20(4)5/h15,23-28H,7-14,16-19H2,1-6H3/b22-21+. The summed E-state index contributed by atoms with van der Waals surface area (Å²) in [6, 6.07) is 0. The Morgan fingerprint density at radius 2 is 1.66 bits per heavy atom. The highest BCUT2D eigenvalue weighted by atomic mass is 19.1. The third-order valence-corrected chi connectivity index (χ3v) is 8.36. The van der Waals surface area contributed by atoms with Gasteiger partial charge in [0.2, 0.25) is 0 Å². The van der Waals surface area contributed by atoms with E-state index in [1.165, 1.54) is 69.8 Å². The summed E-state index contributed by atoms with van der Waals surface area (Å²) in [5.41, 5.74) is 2.59. The quantitative estimate of drug-likeness (QED) is 0.237. The van der Waals surface area contributed by atoms with Crippen LogP contribution in [0.15, 0.2) is 23.0 Å². The van der Waals surface area contributed by atoms with Gasteiger partial charge in [-0.05, 0) is 100 Å². The Kier molecular flexibility index (Phi) is 10.5. The molecule has 0 saturated heterocycles. The molecule has 0 aromatic carbocycles. The third kappa shape index (κ3) is 6.44. The molecule has 2 fully saturated rings. The maximum atomic E-state index is 14.0. The van der Waals surface area contributed by atoms with Crippen LogP contribution < -0.4 is 0 Å². The van der Waals surface area contributed by atoms with Gasteiger partial charge >= 0.3 is 0 Å². The molecular weight excluding hydrogens is 355 g/mol. The topological polar surface area (TPSA) is 0 Å². The van der Waals surface area contributed by atoms with Crippen molar-refractivity contribution in [3.63, 3.8) is 0 Å². The summed E-state index contributed by atoms with van der Waals surface area (Å²) >= 11 is 0. The van der Waals surface area contributed by atoms with Crippen LogP contribution in [0.4, 0.5) is 4.39 Å². The number of rotatable bonds is 11. The fourth-order valence-corrected chi connectivity index (χ4v) is 7.03. The van der Waals surface area contributed by atoms with Crippen LogP contribution in [-0.2, 0) is 0 Å². The van der Waals surface area contributed by atoms with E-state index in [1.54, 1.807) is 6.92 Å². The maximum Gasteiger partial charge on any atom is 0.0960 e. The van der Waals surface area contributed by atoms with Crippen molar-refractivity contribution in [1.82, 2.24) is 0 Å². The van der Waals surface area contributed by atoms with Crippen molar-refractivity contribution in [2.45, 2.75) is 119 Å². The molecule has 6 unspecified atom stereocenters. The molecule has 0 amide bonds. The molecule has 6 atom stereocenters. The van der Waals surface area contributed by atoms with Gasteiger partial charge < -0.3 is 0 Å². The monoisotopic (exact) mass is 404 g/mol. The lowest BCUT2D eigenvalue weighted by Crippen LogP contribution is -2.52. The zero-order chi connectivity index (χ0) is 21.4. The van der Waals surface area contributed by atoms with Crippen LogP contribution in [0.2, 0.25) is 0 Å². The molecular formula is C28H49F. The molecule has 0 aliphatic heterocycles. The summed E-state index contributed by atoms with van der Waals surface area (Å²) in [6.45, 7) is 13.2. The largest absolute Gasteiger partial charge is 0.212 e. The van der Waals surface area contributed by atoms with Crippen LogP contribution in [0.3, 0.4) is 0 Å². The zero-order valence-electron chi connectivity index (χ0n) is 20.4. The summed E-state index contributed by atoms with van der Waals surface area (Å²) in [4.78, 5) is 0. The highest BCUT2D eigenvalue weighted by Crippen LogP contribution is 2.59. The molecule has 0 bridgehead atoms. The van der Waals surface area contributed by atoms with Crippen LogP contribution >= 0.6 is 0 Å². The number of allylic oxidation sites excluding steroid dienone is 4. The average Bonchev–Trinajstić information content (AvgIpc) is 2.67. The van der Waals surface area contributed by atoms with Crippen LogP contribution in [-0.4, -0.2) is 0 Å². The van der Waals surface area contributed by atoms with Crippen LogP contribution in [0, 0.1) is 35.5 Å². The molecule has 0 nitrogen and oxygen atoms in total. The summed E-state index contributed by atoms with van der Waals surface area (Å²) < 4.78 is 14.0. The highest BCUT2D eigenvalue weighted by Gasteiger charge is 2.52. The van der Waals surface area contributed by atoms with E-state index in [9.17, 15) is 4.39 Å². The highest BCUT2D eigenvalue weighted by molar-refractivity contribution is 5.13. The van der Waals surface area contributed by atoms with E-state index in [0.717, 1.165) is 53.9 Å². The Balaban J connectivity index is 2.02. The summed E-state index contributed by atoms with van der Waals surface area (Å²) in [5, 5.41) is 0. The van der Waals surface area contributed by atoms with Crippen molar-refractivity contribution in [2.24, 2.45) is 35.5 Å². The Hall–Kier alpha value is -0.590. The van der Waals surface area contributed by atoms with Gasteiger partial charge in [-0.25, -0.2) is 4.39 Å². The van der Waals surface area contributed by atoms with Crippen LogP contribution in [0.25, 0.3) is 0 Å². The fraction of sp³-hybridized carbons (Fsp3) is 0.857. The van der Waals surface area contributed by atoms with Crippen LogP contribution in [0.1, 0.15) is 119 Å². The lowest BCUT2D eigenvalue weighted by Gasteiger charge is -2.58. The Morgan fingerprint density at radius 3 is 2.24 bits per heavy atom. The summed E-state index contributed by atoms with van der Waals surface area (Å²) in [7, 11) is 0. The summed E-state index contributed by atoms with van der Waals surface area (Å²) in [5.74, 6) is 5.43. The molecule has 0 radical (unpaired) electrons. The second kappa shape index (κ2) is 12.3. The van der Waals surface area contributed by atoms with E-state index < -0.39 is 0 Å².